The second-order valence-electron chi connectivity index (χ2n) is 9.33. The van der Waals surface area contributed by atoms with Crippen molar-refractivity contribution in [2.45, 2.75) is 71.8 Å². The molecule has 0 amide bonds. The summed E-state index contributed by atoms with van der Waals surface area (Å²) < 4.78 is 5.79. The summed E-state index contributed by atoms with van der Waals surface area (Å²) in [7, 11) is 0. The molecule has 3 aliphatic rings. The van der Waals surface area contributed by atoms with Crippen LogP contribution in [0.4, 0.5) is 0 Å². The third kappa shape index (κ3) is 2.58. The van der Waals surface area contributed by atoms with Crippen molar-refractivity contribution in [1.82, 2.24) is 0 Å². The average Bonchev–Trinajstić information content (AvgIpc) is 2.89. The predicted molar refractivity (Wildman–Crippen MR) is 102 cm³/mol. The van der Waals surface area contributed by atoms with Gasteiger partial charge in [0.25, 0.3) is 0 Å². The second-order valence-corrected chi connectivity index (χ2v) is 9.33. The van der Waals surface area contributed by atoms with Gasteiger partial charge in [0.05, 0.1) is 0 Å². The molecule has 3 heteroatoms. The topological polar surface area (TPSA) is 46.5 Å². The van der Waals surface area contributed by atoms with E-state index in [1.807, 2.05) is 12.1 Å². The normalized spacial score (nSPS) is 41.1. The molecule has 0 aliphatic heterocycles. The van der Waals surface area contributed by atoms with Gasteiger partial charge in [-0.2, -0.15) is 0 Å². The van der Waals surface area contributed by atoms with Crippen LogP contribution in [0, 0.1) is 29.1 Å². The van der Waals surface area contributed by atoms with Gasteiger partial charge in [0.2, 0.25) is 0 Å². The van der Waals surface area contributed by atoms with Crippen LogP contribution in [0.2, 0.25) is 0 Å². The van der Waals surface area contributed by atoms with Crippen LogP contribution in [0.1, 0.15) is 70.4 Å². The van der Waals surface area contributed by atoms with E-state index >= 15 is 0 Å². The molecule has 1 aromatic rings. The Kier molecular flexibility index (Phi) is 4.32. The van der Waals surface area contributed by atoms with Gasteiger partial charge in [-0.3, -0.25) is 4.79 Å². The molecule has 7 atom stereocenters. The first-order valence-corrected chi connectivity index (χ1v) is 10.3. The van der Waals surface area contributed by atoms with Crippen molar-refractivity contribution < 1.29 is 14.6 Å². The van der Waals surface area contributed by atoms with E-state index in [9.17, 15) is 9.90 Å². The number of hydrogen-bond donors (Lipinski definition) is 1. The Bertz CT molecular complexity index is 711. The molecule has 142 valence electrons. The lowest BCUT2D eigenvalue weighted by Crippen LogP contribution is -2.50. The van der Waals surface area contributed by atoms with Crippen LogP contribution >= 0.6 is 0 Å². The fourth-order valence-electron chi connectivity index (χ4n) is 7.05. The maximum Gasteiger partial charge on any atom is 0.302 e. The number of phenolic OH excluding ortho intramolecular Hbond substituents is 1. The highest BCUT2D eigenvalue weighted by Crippen LogP contribution is 2.64. The van der Waals surface area contributed by atoms with Crippen molar-refractivity contribution in [3.63, 3.8) is 0 Å². The second kappa shape index (κ2) is 6.28. The molecule has 1 N–H and O–H groups in total. The Hall–Kier alpha value is -1.51. The zero-order valence-corrected chi connectivity index (χ0v) is 16.5. The summed E-state index contributed by atoms with van der Waals surface area (Å²) in [5.41, 5.74) is 2.92. The van der Waals surface area contributed by atoms with Crippen LogP contribution < -0.4 is 0 Å². The summed E-state index contributed by atoms with van der Waals surface area (Å²) >= 11 is 0. The molecule has 0 saturated heterocycles. The summed E-state index contributed by atoms with van der Waals surface area (Å²) in [5, 5.41) is 9.97. The Balaban J connectivity index is 1.75. The number of fused-ring (bicyclic) bond motifs is 5. The molecule has 2 saturated carbocycles. The SMILES string of the molecule is CCC1Cc2cc(O)ccc2C2C(C)CC3(C)C(OC(C)=O)CCC3C12. The number of esters is 1. The van der Waals surface area contributed by atoms with Gasteiger partial charge in [0, 0.05) is 12.3 Å². The molecule has 1 aromatic carbocycles. The number of rotatable bonds is 2. The van der Waals surface area contributed by atoms with E-state index in [2.05, 4.69) is 26.8 Å². The minimum atomic E-state index is -0.136. The first kappa shape index (κ1) is 17.9. The van der Waals surface area contributed by atoms with E-state index < -0.39 is 0 Å². The third-order valence-corrected chi connectivity index (χ3v) is 7.92. The number of carbonyl (C=O) groups excluding carboxylic acids is 1. The minimum absolute atomic E-state index is 0.0760. The summed E-state index contributed by atoms with van der Waals surface area (Å²) in [6, 6.07) is 6.02. The number of ether oxygens (including phenoxy) is 1. The van der Waals surface area contributed by atoms with E-state index in [4.69, 9.17) is 4.74 Å². The van der Waals surface area contributed by atoms with E-state index in [1.54, 1.807) is 6.92 Å². The first-order chi connectivity index (χ1) is 12.3. The van der Waals surface area contributed by atoms with E-state index in [-0.39, 0.29) is 17.5 Å². The van der Waals surface area contributed by atoms with Crippen molar-refractivity contribution >= 4 is 5.97 Å². The van der Waals surface area contributed by atoms with Gasteiger partial charge >= 0.3 is 5.97 Å². The van der Waals surface area contributed by atoms with Crippen molar-refractivity contribution in [1.29, 1.82) is 0 Å². The number of hydrogen-bond acceptors (Lipinski definition) is 3. The van der Waals surface area contributed by atoms with Crippen LogP contribution in [0.25, 0.3) is 0 Å². The summed E-state index contributed by atoms with van der Waals surface area (Å²) in [5.74, 6) is 3.32. The Morgan fingerprint density at radius 1 is 1.35 bits per heavy atom. The summed E-state index contributed by atoms with van der Waals surface area (Å²) in [6.07, 6.45) is 5.62. The van der Waals surface area contributed by atoms with Gasteiger partial charge in [0.15, 0.2) is 0 Å². The maximum absolute atomic E-state index is 11.7. The smallest absolute Gasteiger partial charge is 0.302 e. The number of carbonyl (C=O) groups is 1. The fraction of sp³-hybridized carbons (Fsp3) is 0.696. The van der Waals surface area contributed by atoms with E-state index in [1.165, 1.54) is 24.0 Å². The molecule has 7 unspecified atom stereocenters. The number of benzene rings is 1. The van der Waals surface area contributed by atoms with Gasteiger partial charge in [-0.05, 0) is 78.5 Å². The van der Waals surface area contributed by atoms with Crippen molar-refractivity contribution in [3.05, 3.63) is 29.3 Å². The maximum atomic E-state index is 11.7. The van der Waals surface area contributed by atoms with Crippen LogP contribution in [0.5, 0.6) is 5.75 Å². The first-order valence-electron chi connectivity index (χ1n) is 10.3. The molecule has 26 heavy (non-hydrogen) atoms. The average molecular weight is 357 g/mol. The monoisotopic (exact) mass is 356 g/mol. The van der Waals surface area contributed by atoms with Gasteiger partial charge in [-0.25, -0.2) is 0 Å². The molecule has 4 rings (SSSR count). The van der Waals surface area contributed by atoms with Gasteiger partial charge in [-0.1, -0.05) is 33.3 Å². The molecule has 0 heterocycles. The zero-order chi connectivity index (χ0) is 18.6. The molecule has 0 bridgehead atoms. The molecular formula is C23H32O3. The minimum Gasteiger partial charge on any atom is -0.508 e. The Morgan fingerprint density at radius 2 is 2.12 bits per heavy atom. The summed E-state index contributed by atoms with van der Waals surface area (Å²) in [6.45, 7) is 8.62. The predicted octanol–water partition coefficient (Wildman–Crippen LogP) is 5.06. The highest BCUT2D eigenvalue weighted by molar-refractivity contribution is 5.66. The zero-order valence-electron chi connectivity index (χ0n) is 16.5. The fourth-order valence-corrected chi connectivity index (χ4v) is 7.05. The third-order valence-electron chi connectivity index (χ3n) is 7.92. The molecule has 0 aromatic heterocycles. The number of aromatic hydroxyl groups is 1. The lowest BCUT2D eigenvalue weighted by Gasteiger charge is -2.55. The van der Waals surface area contributed by atoms with Gasteiger partial charge in [0.1, 0.15) is 11.9 Å². The highest BCUT2D eigenvalue weighted by atomic mass is 16.5. The molecule has 3 aliphatic carbocycles. The standard InChI is InChI=1S/C23H32O3/c1-5-15-10-16-11-17(25)6-7-18(16)21-13(2)12-23(4)19(22(15)21)8-9-20(23)26-14(3)24/h6-7,11,13,15,19-22,25H,5,8-10,12H2,1-4H3. The van der Waals surface area contributed by atoms with E-state index in [0.29, 0.717) is 35.3 Å². The van der Waals surface area contributed by atoms with E-state index in [0.717, 1.165) is 19.3 Å². The lowest BCUT2D eigenvalue weighted by molar-refractivity contribution is -0.157. The molecule has 3 nitrogen and oxygen atoms in total. The lowest BCUT2D eigenvalue weighted by atomic mass is 9.49. The highest BCUT2D eigenvalue weighted by Gasteiger charge is 2.59. The van der Waals surface area contributed by atoms with Crippen LogP contribution in [0.15, 0.2) is 18.2 Å². The Labute approximate surface area is 157 Å². The summed E-state index contributed by atoms with van der Waals surface area (Å²) in [4.78, 5) is 11.7. The number of phenols is 1. The van der Waals surface area contributed by atoms with Gasteiger partial charge < -0.3 is 9.84 Å². The largest absolute Gasteiger partial charge is 0.508 e. The Morgan fingerprint density at radius 3 is 2.81 bits per heavy atom. The quantitative estimate of drug-likeness (QED) is 0.753. The molecule has 0 spiro atoms. The molecular weight excluding hydrogens is 324 g/mol. The van der Waals surface area contributed by atoms with Crippen molar-refractivity contribution in [2.75, 3.05) is 0 Å². The van der Waals surface area contributed by atoms with Crippen molar-refractivity contribution in [3.8, 4) is 5.75 Å². The molecule has 2 fully saturated rings. The molecule has 0 radical (unpaired) electrons. The van der Waals surface area contributed by atoms with Gasteiger partial charge in [-0.15, -0.1) is 0 Å². The van der Waals surface area contributed by atoms with Crippen molar-refractivity contribution in [2.24, 2.45) is 29.1 Å². The van der Waals surface area contributed by atoms with Crippen LogP contribution in [0.3, 0.4) is 0 Å². The van der Waals surface area contributed by atoms with Crippen LogP contribution in [-0.4, -0.2) is 17.2 Å². The van der Waals surface area contributed by atoms with Crippen LogP contribution in [-0.2, 0) is 16.0 Å².